The summed E-state index contributed by atoms with van der Waals surface area (Å²) in [5.74, 6) is 0.529. The van der Waals surface area contributed by atoms with E-state index in [2.05, 4.69) is 5.32 Å². The van der Waals surface area contributed by atoms with Gasteiger partial charge in [0.1, 0.15) is 5.60 Å². The molecule has 1 aliphatic heterocycles. The van der Waals surface area contributed by atoms with E-state index in [1.54, 1.807) is 4.90 Å². The van der Waals surface area contributed by atoms with Crippen molar-refractivity contribution < 1.29 is 24.2 Å². The Labute approximate surface area is 210 Å². The molecule has 4 unspecified atom stereocenters. The molecule has 2 fully saturated rings. The van der Waals surface area contributed by atoms with Crippen molar-refractivity contribution in [2.45, 2.75) is 109 Å². The summed E-state index contributed by atoms with van der Waals surface area (Å²) in [5, 5.41) is 14.0. The molecule has 1 saturated heterocycles. The lowest BCUT2D eigenvalue weighted by atomic mass is 9.85. The highest BCUT2D eigenvalue weighted by Gasteiger charge is 2.38. The second-order valence-electron chi connectivity index (χ2n) is 11.2. The number of hydrogen-bond donors (Lipinski definition) is 2. The van der Waals surface area contributed by atoms with Crippen LogP contribution in [0.2, 0.25) is 0 Å². The Bertz CT molecular complexity index is 803. The fourth-order valence-corrected chi connectivity index (χ4v) is 5.27. The molecule has 3 rings (SSSR count). The normalized spacial score (nSPS) is 23.4. The van der Waals surface area contributed by atoms with Gasteiger partial charge in [0.05, 0.1) is 37.4 Å². The summed E-state index contributed by atoms with van der Waals surface area (Å²) in [4.78, 5) is 26.9. The van der Waals surface area contributed by atoms with Crippen LogP contribution in [0, 0.1) is 5.92 Å². The van der Waals surface area contributed by atoms with Crippen LogP contribution in [-0.2, 0) is 14.3 Å². The van der Waals surface area contributed by atoms with Gasteiger partial charge in [0.15, 0.2) is 0 Å². The van der Waals surface area contributed by atoms with Gasteiger partial charge in [-0.3, -0.25) is 4.79 Å². The number of morpholine rings is 1. The minimum absolute atomic E-state index is 0.0287. The van der Waals surface area contributed by atoms with E-state index in [0.29, 0.717) is 19.6 Å². The number of ether oxygens (including phenoxy) is 2. The molecule has 4 atom stereocenters. The van der Waals surface area contributed by atoms with Crippen molar-refractivity contribution in [3.63, 3.8) is 0 Å². The molecule has 1 aliphatic carbocycles. The predicted molar refractivity (Wildman–Crippen MR) is 136 cm³/mol. The Morgan fingerprint density at radius 3 is 2.46 bits per heavy atom. The number of carbonyl (C=O) groups is 2. The van der Waals surface area contributed by atoms with Gasteiger partial charge in [0.25, 0.3) is 0 Å². The first-order valence-electron chi connectivity index (χ1n) is 13.2. The smallest absolute Gasteiger partial charge is 0.410 e. The minimum Gasteiger partial charge on any atom is -0.444 e. The van der Waals surface area contributed by atoms with Crippen molar-refractivity contribution in [1.29, 1.82) is 0 Å². The molecule has 0 bridgehead atoms. The number of carbonyl (C=O) groups excluding carboxylic acids is 2. The second kappa shape index (κ2) is 12.7. The number of nitrogens with one attached hydrogen (secondary N) is 1. The highest BCUT2D eigenvalue weighted by molar-refractivity contribution is 5.73. The maximum atomic E-state index is 13.2. The molecule has 1 saturated carbocycles. The molecule has 7 nitrogen and oxygen atoms in total. The number of nitrogens with zero attached hydrogens (tertiary/aromatic N) is 1. The van der Waals surface area contributed by atoms with Crippen LogP contribution in [0.5, 0.6) is 0 Å². The number of hydrogen-bond acceptors (Lipinski definition) is 5. The van der Waals surface area contributed by atoms with E-state index in [1.165, 1.54) is 39.0 Å². The van der Waals surface area contributed by atoms with Crippen LogP contribution in [0.4, 0.5) is 4.79 Å². The lowest BCUT2D eigenvalue weighted by Crippen LogP contribution is -2.56. The molecule has 35 heavy (non-hydrogen) atoms. The average molecular weight is 489 g/mol. The zero-order valence-electron chi connectivity index (χ0n) is 21.9. The predicted octanol–water partition coefficient (Wildman–Crippen LogP) is 4.98. The van der Waals surface area contributed by atoms with Crippen LogP contribution in [0.1, 0.15) is 90.7 Å². The fraction of sp³-hybridized carbons (Fsp3) is 0.714. The Hall–Kier alpha value is -2.12. The quantitative estimate of drug-likeness (QED) is 0.539. The maximum Gasteiger partial charge on any atom is 0.410 e. The van der Waals surface area contributed by atoms with E-state index in [1.807, 2.05) is 51.1 Å². The molecule has 2 amide bonds. The topological polar surface area (TPSA) is 88.1 Å². The first-order valence-corrected chi connectivity index (χ1v) is 13.2. The SMILES string of the molecule is CC(=O)NC(CC1COC(CCC2CCCCC2)CN1C(=O)OC(C)(C)C)C(O)c1ccccc1. The molecule has 0 aromatic heterocycles. The van der Waals surface area contributed by atoms with Gasteiger partial charge in [-0.2, -0.15) is 0 Å². The van der Waals surface area contributed by atoms with Crippen LogP contribution in [0.25, 0.3) is 0 Å². The Morgan fingerprint density at radius 1 is 1.14 bits per heavy atom. The summed E-state index contributed by atoms with van der Waals surface area (Å²) in [5.41, 5.74) is 0.107. The molecular weight excluding hydrogens is 444 g/mol. The lowest BCUT2D eigenvalue weighted by Gasteiger charge is -2.42. The molecular formula is C28H44N2O5. The molecule has 7 heteroatoms. The molecule has 1 aromatic carbocycles. The van der Waals surface area contributed by atoms with E-state index < -0.39 is 17.7 Å². The Morgan fingerprint density at radius 2 is 1.83 bits per heavy atom. The van der Waals surface area contributed by atoms with Crippen molar-refractivity contribution in [3.8, 4) is 0 Å². The molecule has 0 radical (unpaired) electrons. The van der Waals surface area contributed by atoms with Crippen molar-refractivity contribution in [3.05, 3.63) is 35.9 Å². The molecule has 1 heterocycles. The van der Waals surface area contributed by atoms with Gasteiger partial charge in [-0.05, 0) is 51.5 Å². The van der Waals surface area contributed by atoms with Gasteiger partial charge >= 0.3 is 6.09 Å². The fourth-order valence-electron chi connectivity index (χ4n) is 5.27. The van der Waals surface area contributed by atoms with Crippen molar-refractivity contribution in [1.82, 2.24) is 10.2 Å². The van der Waals surface area contributed by atoms with E-state index >= 15 is 0 Å². The molecule has 1 aromatic rings. The number of aliphatic hydroxyl groups is 1. The standard InChI is InChI=1S/C28H44N2O5/c1-20(31)29-25(26(32)22-13-9-6-10-14-22)17-23-19-34-24(16-15-21-11-7-5-8-12-21)18-30(23)27(33)35-28(2,3)4/h6,9-10,13-14,21,23-26,32H,5,7-8,11-12,15-19H2,1-4H3,(H,29,31). The summed E-state index contributed by atoms with van der Waals surface area (Å²) in [7, 11) is 0. The van der Waals surface area contributed by atoms with Crippen molar-refractivity contribution in [2.75, 3.05) is 13.2 Å². The average Bonchev–Trinajstić information content (AvgIpc) is 2.82. The minimum atomic E-state index is -0.899. The highest BCUT2D eigenvalue weighted by Crippen LogP contribution is 2.30. The van der Waals surface area contributed by atoms with Crippen LogP contribution in [0.15, 0.2) is 30.3 Å². The number of aliphatic hydroxyl groups excluding tert-OH is 1. The zero-order chi connectivity index (χ0) is 25.4. The van der Waals surface area contributed by atoms with E-state index in [9.17, 15) is 14.7 Å². The van der Waals surface area contributed by atoms with Crippen molar-refractivity contribution in [2.24, 2.45) is 5.92 Å². The van der Waals surface area contributed by atoms with Gasteiger partial charge in [-0.1, -0.05) is 62.4 Å². The van der Waals surface area contributed by atoms with Gasteiger partial charge in [0.2, 0.25) is 5.91 Å². The van der Waals surface area contributed by atoms with E-state index in [0.717, 1.165) is 24.3 Å². The lowest BCUT2D eigenvalue weighted by molar-refractivity contribution is -0.121. The summed E-state index contributed by atoms with van der Waals surface area (Å²) in [6, 6.07) is 8.40. The van der Waals surface area contributed by atoms with Gasteiger partial charge in [-0.25, -0.2) is 4.79 Å². The monoisotopic (exact) mass is 488 g/mol. The molecule has 2 N–H and O–H groups in total. The van der Waals surface area contributed by atoms with Crippen LogP contribution >= 0.6 is 0 Å². The largest absolute Gasteiger partial charge is 0.444 e. The number of amides is 2. The first-order chi connectivity index (χ1) is 16.6. The van der Waals surface area contributed by atoms with Crippen LogP contribution < -0.4 is 5.32 Å². The maximum absolute atomic E-state index is 13.2. The van der Waals surface area contributed by atoms with Gasteiger partial charge in [-0.15, -0.1) is 0 Å². The summed E-state index contributed by atoms with van der Waals surface area (Å²) in [6.07, 6.45) is 7.68. The molecule has 196 valence electrons. The van der Waals surface area contributed by atoms with Gasteiger partial charge < -0.3 is 24.8 Å². The third-order valence-electron chi connectivity index (χ3n) is 7.05. The summed E-state index contributed by atoms with van der Waals surface area (Å²) < 4.78 is 12.0. The number of benzene rings is 1. The Kier molecular flexibility index (Phi) is 9.99. The van der Waals surface area contributed by atoms with Crippen LogP contribution in [-0.4, -0.2) is 58.9 Å². The Balaban J connectivity index is 1.71. The highest BCUT2D eigenvalue weighted by atomic mass is 16.6. The molecule has 0 spiro atoms. The van der Waals surface area contributed by atoms with Crippen LogP contribution in [0.3, 0.4) is 0 Å². The second-order valence-corrected chi connectivity index (χ2v) is 11.2. The summed E-state index contributed by atoms with van der Waals surface area (Å²) >= 11 is 0. The number of rotatable bonds is 8. The molecule has 2 aliphatic rings. The third-order valence-corrected chi connectivity index (χ3v) is 7.05. The third kappa shape index (κ3) is 8.80. The van der Waals surface area contributed by atoms with Crippen molar-refractivity contribution >= 4 is 12.0 Å². The zero-order valence-corrected chi connectivity index (χ0v) is 21.9. The summed E-state index contributed by atoms with van der Waals surface area (Å²) in [6.45, 7) is 7.84. The first kappa shape index (κ1) is 27.5. The van der Waals surface area contributed by atoms with Gasteiger partial charge in [0, 0.05) is 6.92 Å². The van der Waals surface area contributed by atoms with E-state index in [-0.39, 0.29) is 24.1 Å². The van der Waals surface area contributed by atoms with E-state index in [4.69, 9.17) is 9.47 Å².